The molecule has 2 aromatic rings. The van der Waals surface area contributed by atoms with Crippen molar-refractivity contribution in [3.8, 4) is 0 Å². The number of hydrogen-bond acceptors (Lipinski definition) is 3. The molecule has 0 saturated heterocycles. The fourth-order valence-electron chi connectivity index (χ4n) is 2.79. The summed E-state index contributed by atoms with van der Waals surface area (Å²) in [4.78, 5) is 27.0. The van der Waals surface area contributed by atoms with Crippen LogP contribution in [0.15, 0.2) is 35.7 Å². The van der Waals surface area contributed by atoms with E-state index in [4.69, 9.17) is 0 Å². The summed E-state index contributed by atoms with van der Waals surface area (Å²) in [5.74, 6) is 0.311. The van der Waals surface area contributed by atoms with E-state index in [1.807, 2.05) is 40.6 Å². The molecule has 0 spiro atoms. The van der Waals surface area contributed by atoms with Gasteiger partial charge in [0.1, 0.15) is 0 Å². The first-order valence-electron chi connectivity index (χ1n) is 7.51. The Kier molecular flexibility index (Phi) is 3.22. The summed E-state index contributed by atoms with van der Waals surface area (Å²) >= 11 is 1.46. The predicted octanol–water partition coefficient (Wildman–Crippen LogP) is 3.30. The maximum Gasteiger partial charge on any atom is 0.268 e. The molecule has 4 rings (SSSR count). The van der Waals surface area contributed by atoms with E-state index >= 15 is 0 Å². The van der Waals surface area contributed by atoms with Crippen molar-refractivity contribution in [1.29, 1.82) is 0 Å². The zero-order valence-corrected chi connectivity index (χ0v) is 12.9. The lowest BCUT2D eigenvalue weighted by molar-refractivity contribution is -0.117. The molecule has 1 aromatic carbocycles. The van der Waals surface area contributed by atoms with E-state index in [1.165, 1.54) is 11.3 Å². The van der Waals surface area contributed by atoms with Gasteiger partial charge in [0.15, 0.2) is 0 Å². The van der Waals surface area contributed by atoms with Crippen molar-refractivity contribution in [3.05, 3.63) is 46.2 Å². The molecule has 0 bridgehead atoms. The highest BCUT2D eigenvalue weighted by Gasteiger charge is 2.30. The molecule has 0 atom stereocenters. The minimum atomic E-state index is 0.0411. The Hall–Kier alpha value is -2.14. The van der Waals surface area contributed by atoms with Crippen LogP contribution in [0, 0.1) is 5.92 Å². The van der Waals surface area contributed by atoms with Crippen LogP contribution in [0.5, 0.6) is 0 Å². The molecule has 1 aliphatic heterocycles. The van der Waals surface area contributed by atoms with E-state index in [1.54, 1.807) is 0 Å². The van der Waals surface area contributed by atoms with Crippen LogP contribution in [-0.2, 0) is 11.2 Å². The van der Waals surface area contributed by atoms with Crippen molar-refractivity contribution in [3.63, 3.8) is 0 Å². The van der Waals surface area contributed by atoms with Gasteiger partial charge >= 0.3 is 0 Å². The molecule has 22 heavy (non-hydrogen) atoms. The van der Waals surface area contributed by atoms with Crippen LogP contribution in [0.3, 0.4) is 0 Å². The average Bonchev–Trinajstić information content (AvgIpc) is 3.08. The highest BCUT2D eigenvalue weighted by molar-refractivity contribution is 7.12. The van der Waals surface area contributed by atoms with E-state index in [0.29, 0.717) is 6.54 Å². The van der Waals surface area contributed by atoms with Crippen LogP contribution in [0.4, 0.5) is 11.4 Å². The Labute approximate surface area is 132 Å². The third kappa shape index (κ3) is 2.41. The summed E-state index contributed by atoms with van der Waals surface area (Å²) in [6, 6.07) is 9.61. The number of carbonyl (C=O) groups excluding carboxylic acids is 2. The second-order valence-electron chi connectivity index (χ2n) is 5.79. The summed E-state index contributed by atoms with van der Waals surface area (Å²) in [6.07, 6.45) is 2.84. The molecule has 1 fully saturated rings. The third-order valence-electron chi connectivity index (χ3n) is 4.17. The number of nitrogens with zero attached hydrogens (tertiary/aromatic N) is 1. The number of thiophene rings is 1. The lowest BCUT2D eigenvalue weighted by Crippen LogP contribution is -2.28. The number of amides is 2. The van der Waals surface area contributed by atoms with Gasteiger partial charge in [-0.3, -0.25) is 9.59 Å². The van der Waals surface area contributed by atoms with Gasteiger partial charge in [-0.15, -0.1) is 11.3 Å². The smallest absolute Gasteiger partial charge is 0.268 e. The van der Waals surface area contributed by atoms with Crippen molar-refractivity contribution >= 4 is 34.5 Å². The summed E-state index contributed by atoms with van der Waals surface area (Å²) in [6.45, 7) is 0.700. The topological polar surface area (TPSA) is 49.4 Å². The minimum absolute atomic E-state index is 0.0411. The maximum absolute atomic E-state index is 12.6. The van der Waals surface area contributed by atoms with Gasteiger partial charge < -0.3 is 10.2 Å². The van der Waals surface area contributed by atoms with Gasteiger partial charge in [0.2, 0.25) is 5.91 Å². The van der Waals surface area contributed by atoms with Gasteiger partial charge in [0.25, 0.3) is 5.91 Å². The van der Waals surface area contributed by atoms with Crippen LogP contribution in [0.1, 0.15) is 28.1 Å². The molecule has 5 heteroatoms. The lowest BCUT2D eigenvalue weighted by Gasteiger charge is -2.17. The zero-order valence-electron chi connectivity index (χ0n) is 12.0. The van der Waals surface area contributed by atoms with Crippen LogP contribution in [-0.4, -0.2) is 18.4 Å². The first-order valence-corrected chi connectivity index (χ1v) is 8.39. The van der Waals surface area contributed by atoms with Crippen LogP contribution in [0.25, 0.3) is 0 Å². The fraction of sp³-hybridized carbons (Fsp3) is 0.294. The molecular weight excluding hydrogens is 296 g/mol. The number of anilines is 2. The summed E-state index contributed by atoms with van der Waals surface area (Å²) < 4.78 is 0. The zero-order chi connectivity index (χ0) is 15.1. The molecule has 2 aliphatic rings. The molecule has 112 valence electrons. The van der Waals surface area contributed by atoms with Crippen molar-refractivity contribution in [2.45, 2.75) is 19.3 Å². The number of rotatable bonds is 3. The lowest BCUT2D eigenvalue weighted by atomic mass is 10.1. The van der Waals surface area contributed by atoms with Gasteiger partial charge in [-0.05, 0) is 48.4 Å². The van der Waals surface area contributed by atoms with Gasteiger partial charge in [-0.25, -0.2) is 0 Å². The molecule has 1 saturated carbocycles. The van der Waals surface area contributed by atoms with Gasteiger partial charge in [0, 0.05) is 23.8 Å². The molecule has 2 amide bonds. The van der Waals surface area contributed by atoms with Crippen LogP contribution < -0.4 is 10.2 Å². The monoisotopic (exact) mass is 312 g/mol. The average molecular weight is 312 g/mol. The molecule has 1 N–H and O–H groups in total. The second kappa shape index (κ2) is 5.25. The molecule has 1 aromatic heterocycles. The van der Waals surface area contributed by atoms with E-state index in [2.05, 4.69) is 5.32 Å². The molecule has 0 unspecified atom stereocenters. The molecule has 4 nitrogen and oxygen atoms in total. The molecular formula is C17H16N2O2S. The second-order valence-corrected chi connectivity index (χ2v) is 6.74. The first kappa shape index (κ1) is 13.5. The first-order chi connectivity index (χ1) is 10.7. The third-order valence-corrected chi connectivity index (χ3v) is 5.03. The minimum Gasteiger partial charge on any atom is -0.326 e. The van der Waals surface area contributed by atoms with E-state index in [9.17, 15) is 9.59 Å². The summed E-state index contributed by atoms with van der Waals surface area (Å²) in [5.41, 5.74) is 2.86. The predicted molar refractivity (Wildman–Crippen MR) is 87.5 cm³/mol. The Balaban J connectivity index is 1.59. The Morgan fingerprint density at radius 1 is 1.23 bits per heavy atom. The van der Waals surface area contributed by atoms with Crippen LogP contribution in [0.2, 0.25) is 0 Å². The molecule has 1 aliphatic carbocycles. The largest absolute Gasteiger partial charge is 0.326 e. The van der Waals surface area contributed by atoms with E-state index in [-0.39, 0.29) is 17.7 Å². The number of carbonyl (C=O) groups is 2. The Bertz CT molecular complexity index is 735. The number of nitrogens with one attached hydrogen (secondary N) is 1. The highest BCUT2D eigenvalue weighted by atomic mass is 32.1. The van der Waals surface area contributed by atoms with Gasteiger partial charge in [0.05, 0.1) is 4.88 Å². The van der Waals surface area contributed by atoms with Gasteiger partial charge in [-0.1, -0.05) is 12.1 Å². The van der Waals surface area contributed by atoms with Gasteiger partial charge in [-0.2, -0.15) is 0 Å². The maximum atomic E-state index is 12.6. The van der Waals surface area contributed by atoms with E-state index in [0.717, 1.165) is 41.1 Å². The normalized spacial score (nSPS) is 16.5. The SMILES string of the molecule is O=C(Nc1ccc2c(c1)N(C(=O)c1cccs1)CC2)C1CC1. The summed E-state index contributed by atoms with van der Waals surface area (Å²) in [5, 5.41) is 4.87. The van der Waals surface area contributed by atoms with Crippen LogP contribution >= 0.6 is 11.3 Å². The standard InChI is InChI=1S/C17H16N2O2S/c20-16(12-3-4-12)18-13-6-5-11-7-8-19(14(11)10-13)17(21)15-2-1-9-22-15/h1-2,5-6,9-10,12H,3-4,7-8H2,(H,18,20). The Morgan fingerprint density at radius 2 is 2.09 bits per heavy atom. The van der Waals surface area contributed by atoms with E-state index < -0.39 is 0 Å². The van der Waals surface area contributed by atoms with Crippen molar-refractivity contribution < 1.29 is 9.59 Å². The molecule has 2 heterocycles. The summed E-state index contributed by atoms with van der Waals surface area (Å²) in [7, 11) is 0. The quantitative estimate of drug-likeness (QED) is 0.945. The van der Waals surface area contributed by atoms with Crippen molar-refractivity contribution in [2.75, 3.05) is 16.8 Å². The van der Waals surface area contributed by atoms with Crippen molar-refractivity contribution in [1.82, 2.24) is 0 Å². The number of benzene rings is 1. The number of fused-ring (bicyclic) bond motifs is 1. The molecule has 0 radical (unpaired) electrons. The fourth-order valence-corrected chi connectivity index (χ4v) is 3.46. The Morgan fingerprint density at radius 3 is 2.82 bits per heavy atom. The van der Waals surface area contributed by atoms with Crippen molar-refractivity contribution in [2.24, 2.45) is 5.92 Å². The highest BCUT2D eigenvalue weighted by Crippen LogP contribution is 2.34. The number of hydrogen-bond donors (Lipinski definition) is 1.